The summed E-state index contributed by atoms with van der Waals surface area (Å²) in [6.07, 6.45) is 0. The summed E-state index contributed by atoms with van der Waals surface area (Å²) in [4.78, 5) is 11.9. The van der Waals surface area contributed by atoms with Gasteiger partial charge >= 0.3 is 0 Å². The van der Waals surface area contributed by atoms with Gasteiger partial charge < -0.3 is 4.42 Å². The molecule has 1 heterocycles. The van der Waals surface area contributed by atoms with Crippen molar-refractivity contribution in [1.82, 2.24) is 0 Å². The number of furan rings is 1. The maximum atomic E-state index is 11.9. The van der Waals surface area contributed by atoms with E-state index in [1.165, 1.54) is 0 Å². The summed E-state index contributed by atoms with van der Waals surface area (Å²) in [5.41, 5.74) is 0.617. The lowest BCUT2D eigenvalue weighted by molar-refractivity contribution is 0.101. The number of carbonyl (C=O) groups is 1. The molecule has 0 unspecified atom stereocenters. The van der Waals surface area contributed by atoms with Crippen LogP contribution in [0.25, 0.3) is 0 Å². The van der Waals surface area contributed by atoms with Gasteiger partial charge in [0.1, 0.15) is 0 Å². The molecule has 0 N–H and O–H groups in total. The Bertz CT molecular complexity index is 469. The van der Waals surface area contributed by atoms with Crippen molar-refractivity contribution in [1.29, 1.82) is 0 Å². The Kier molecular flexibility index (Phi) is 3.07. The summed E-state index contributed by atoms with van der Waals surface area (Å²) in [6, 6.07) is 10.7. The second-order valence-electron chi connectivity index (χ2n) is 2.93. The van der Waals surface area contributed by atoms with E-state index in [1.54, 1.807) is 18.2 Å². The van der Waals surface area contributed by atoms with Gasteiger partial charge in [-0.3, -0.25) is 4.79 Å². The number of halogens is 2. The Morgan fingerprint density at radius 2 is 1.80 bits per heavy atom. The molecule has 0 aliphatic heterocycles. The van der Waals surface area contributed by atoms with Crippen molar-refractivity contribution in [2.24, 2.45) is 0 Å². The predicted molar refractivity (Wildman–Crippen MR) is 64.0 cm³/mol. The Morgan fingerprint density at radius 3 is 2.33 bits per heavy atom. The monoisotopic (exact) mass is 328 g/mol. The third-order valence-corrected chi connectivity index (χ3v) is 3.62. The first-order valence-corrected chi connectivity index (χ1v) is 5.81. The van der Waals surface area contributed by atoms with Crippen LogP contribution in [0.3, 0.4) is 0 Å². The van der Waals surface area contributed by atoms with Crippen LogP contribution >= 0.6 is 31.9 Å². The lowest BCUT2D eigenvalue weighted by Crippen LogP contribution is -1.98. The molecule has 0 atom stereocenters. The largest absolute Gasteiger partial charge is 0.445 e. The fraction of sp³-hybridized carbons (Fsp3) is 0. The topological polar surface area (TPSA) is 30.2 Å². The zero-order valence-corrected chi connectivity index (χ0v) is 10.7. The van der Waals surface area contributed by atoms with Gasteiger partial charge in [0.25, 0.3) is 0 Å². The normalized spacial score (nSPS) is 10.3. The lowest BCUT2D eigenvalue weighted by Gasteiger charge is -1.95. The minimum atomic E-state index is -0.123. The number of carbonyl (C=O) groups excluding carboxylic acids is 1. The fourth-order valence-electron chi connectivity index (χ4n) is 1.19. The van der Waals surface area contributed by atoms with E-state index in [4.69, 9.17) is 4.42 Å². The summed E-state index contributed by atoms with van der Waals surface area (Å²) in [5, 5.41) is 0. The maximum Gasteiger partial charge on any atom is 0.228 e. The van der Waals surface area contributed by atoms with Crippen LogP contribution in [-0.2, 0) is 0 Å². The summed E-state index contributed by atoms with van der Waals surface area (Å²) in [6.45, 7) is 0. The molecule has 2 aromatic rings. The molecular weight excluding hydrogens is 324 g/mol. The van der Waals surface area contributed by atoms with Crippen LogP contribution in [0, 0.1) is 0 Å². The smallest absolute Gasteiger partial charge is 0.228 e. The highest BCUT2D eigenvalue weighted by Gasteiger charge is 2.15. The van der Waals surface area contributed by atoms with Crippen LogP contribution in [-0.4, -0.2) is 5.78 Å². The Balaban J connectivity index is 2.37. The fourth-order valence-corrected chi connectivity index (χ4v) is 1.77. The van der Waals surface area contributed by atoms with E-state index in [0.29, 0.717) is 16.0 Å². The molecule has 15 heavy (non-hydrogen) atoms. The van der Waals surface area contributed by atoms with Crippen LogP contribution in [0.1, 0.15) is 16.1 Å². The van der Waals surface area contributed by atoms with E-state index < -0.39 is 0 Å². The van der Waals surface area contributed by atoms with E-state index in [0.717, 1.165) is 4.47 Å². The van der Waals surface area contributed by atoms with Gasteiger partial charge in [-0.05, 0) is 31.9 Å². The molecule has 1 aromatic heterocycles. The third kappa shape index (κ3) is 2.21. The number of benzene rings is 1. The van der Waals surface area contributed by atoms with E-state index >= 15 is 0 Å². The summed E-state index contributed by atoms with van der Waals surface area (Å²) < 4.78 is 6.52. The van der Waals surface area contributed by atoms with Crippen molar-refractivity contribution < 1.29 is 9.21 Å². The van der Waals surface area contributed by atoms with Crippen molar-refractivity contribution in [3.8, 4) is 0 Å². The van der Waals surface area contributed by atoms with Gasteiger partial charge in [-0.1, -0.05) is 30.3 Å². The Labute approximate surface area is 104 Å². The van der Waals surface area contributed by atoms with Crippen molar-refractivity contribution >= 4 is 37.6 Å². The predicted octanol–water partition coefficient (Wildman–Crippen LogP) is 4.04. The van der Waals surface area contributed by atoms with Gasteiger partial charge in [0.05, 0.1) is 4.47 Å². The van der Waals surface area contributed by atoms with Gasteiger partial charge in [-0.2, -0.15) is 0 Å². The molecule has 2 rings (SSSR count). The second-order valence-corrected chi connectivity index (χ2v) is 4.50. The highest BCUT2D eigenvalue weighted by Crippen LogP contribution is 2.27. The Hall–Kier alpha value is -0.870. The van der Waals surface area contributed by atoms with Gasteiger partial charge in [0, 0.05) is 11.6 Å². The lowest BCUT2D eigenvalue weighted by atomic mass is 10.1. The van der Waals surface area contributed by atoms with E-state index in [-0.39, 0.29) is 5.78 Å². The van der Waals surface area contributed by atoms with Crippen molar-refractivity contribution in [3.63, 3.8) is 0 Å². The van der Waals surface area contributed by atoms with Gasteiger partial charge in [0.2, 0.25) is 5.78 Å². The van der Waals surface area contributed by atoms with Crippen LogP contribution in [0.2, 0.25) is 0 Å². The first kappa shape index (κ1) is 10.6. The molecule has 1 aromatic carbocycles. The Morgan fingerprint density at radius 1 is 1.13 bits per heavy atom. The van der Waals surface area contributed by atoms with Gasteiger partial charge in [0.15, 0.2) is 10.4 Å². The molecule has 0 bridgehead atoms. The number of rotatable bonds is 2. The zero-order valence-electron chi connectivity index (χ0n) is 7.54. The molecule has 2 nitrogen and oxygen atoms in total. The number of hydrogen-bond donors (Lipinski definition) is 0. The minimum absolute atomic E-state index is 0.123. The highest BCUT2D eigenvalue weighted by atomic mass is 79.9. The highest BCUT2D eigenvalue weighted by molar-refractivity contribution is 9.13. The quantitative estimate of drug-likeness (QED) is 0.778. The van der Waals surface area contributed by atoms with Crippen molar-refractivity contribution in [3.05, 3.63) is 56.9 Å². The summed E-state index contributed by atoms with van der Waals surface area (Å²) in [5.74, 6) is 0.196. The number of ketones is 1. The molecule has 0 amide bonds. The van der Waals surface area contributed by atoms with Crippen LogP contribution < -0.4 is 0 Å². The second kappa shape index (κ2) is 4.33. The summed E-state index contributed by atoms with van der Waals surface area (Å²) in [7, 11) is 0. The van der Waals surface area contributed by atoms with Crippen LogP contribution in [0.15, 0.2) is 50.0 Å². The SMILES string of the molecule is O=C(c1ccccc1)c1cc(Br)c(Br)o1. The molecule has 76 valence electrons. The van der Waals surface area contributed by atoms with E-state index in [2.05, 4.69) is 31.9 Å². The molecule has 0 fully saturated rings. The van der Waals surface area contributed by atoms with Crippen LogP contribution in [0.5, 0.6) is 0 Å². The van der Waals surface area contributed by atoms with Gasteiger partial charge in [-0.15, -0.1) is 0 Å². The van der Waals surface area contributed by atoms with Crippen LogP contribution in [0.4, 0.5) is 0 Å². The third-order valence-electron chi connectivity index (χ3n) is 1.90. The minimum Gasteiger partial charge on any atom is -0.445 e. The first-order valence-electron chi connectivity index (χ1n) is 4.23. The average molecular weight is 330 g/mol. The first-order chi connectivity index (χ1) is 7.18. The molecule has 4 heteroatoms. The number of hydrogen-bond acceptors (Lipinski definition) is 2. The molecule has 0 aliphatic rings. The maximum absolute atomic E-state index is 11.9. The zero-order chi connectivity index (χ0) is 10.8. The molecule has 0 saturated carbocycles. The van der Waals surface area contributed by atoms with Crippen molar-refractivity contribution in [2.75, 3.05) is 0 Å². The average Bonchev–Trinajstić information content (AvgIpc) is 2.59. The van der Waals surface area contributed by atoms with Gasteiger partial charge in [-0.25, -0.2) is 0 Å². The standard InChI is InChI=1S/C11H6Br2O2/c12-8-6-9(15-11(8)13)10(14)7-4-2-1-3-5-7/h1-6H. The van der Waals surface area contributed by atoms with E-state index in [1.807, 2.05) is 18.2 Å². The summed E-state index contributed by atoms with van der Waals surface area (Å²) >= 11 is 6.46. The molecule has 0 aliphatic carbocycles. The van der Waals surface area contributed by atoms with E-state index in [9.17, 15) is 4.79 Å². The molecular formula is C11H6Br2O2. The van der Waals surface area contributed by atoms with Crippen molar-refractivity contribution in [2.45, 2.75) is 0 Å². The molecule has 0 radical (unpaired) electrons. The molecule has 0 saturated heterocycles. The molecule has 0 spiro atoms.